The third-order valence-electron chi connectivity index (χ3n) is 8.34. The van der Waals surface area contributed by atoms with Crippen molar-refractivity contribution < 1.29 is 9.18 Å². The number of halogens is 1. The van der Waals surface area contributed by atoms with E-state index >= 15 is 0 Å². The minimum atomic E-state index is -0.362. The number of anilines is 2. The minimum Gasteiger partial charge on any atom is -0.384 e. The number of fused-ring (bicyclic) bond motifs is 2. The van der Waals surface area contributed by atoms with Crippen LogP contribution in [-0.2, 0) is 4.79 Å². The fraction of sp³-hybridized carbons (Fsp3) is 0.294. The molecule has 1 saturated heterocycles. The van der Waals surface area contributed by atoms with Gasteiger partial charge in [0, 0.05) is 48.7 Å². The smallest absolute Gasteiger partial charge is 0.224 e. The lowest BCUT2D eigenvalue weighted by atomic mass is 9.94. The highest BCUT2D eigenvalue weighted by Gasteiger charge is 2.19. The molecule has 1 aromatic carbocycles. The van der Waals surface area contributed by atoms with Gasteiger partial charge in [-0.15, -0.1) is 0 Å². The molecule has 0 saturated carbocycles. The Kier molecular flexibility index (Phi) is 8.55. The number of nitrogens with one attached hydrogen (secondary N) is 5. The van der Waals surface area contributed by atoms with Gasteiger partial charge in [-0.2, -0.15) is 5.10 Å². The van der Waals surface area contributed by atoms with Crippen LogP contribution in [0, 0.1) is 11.7 Å². The topological polar surface area (TPSA) is 152 Å². The van der Waals surface area contributed by atoms with Crippen molar-refractivity contribution in [3.05, 3.63) is 66.9 Å². The minimum absolute atomic E-state index is 0.00909. The highest BCUT2D eigenvalue weighted by atomic mass is 19.1. The Morgan fingerprint density at radius 3 is 2.64 bits per heavy atom. The van der Waals surface area contributed by atoms with Crippen molar-refractivity contribution >= 4 is 39.3 Å². The third kappa shape index (κ3) is 6.81. The summed E-state index contributed by atoms with van der Waals surface area (Å²) in [6, 6.07) is 12.3. The van der Waals surface area contributed by atoms with E-state index in [4.69, 9.17) is 9.97 Å². The second kappa shape index (κ2) is 13.2. The van der Waals surface area contributed by atoms with Crippen LogP contribution in [-0.4, -0.2) is 86.2 Å². The molecule has 13 heteroatoms. The van der Waals surface area contributed by atoms with Gasteiger partial charge in [-0.05, 0) is 88.4 Å². The van der Waals surface area contributed by atoms with Crippen LogP contribution in [0.15, 0.2) is 61.1 Å². The zero-order valence-corrected chi connectivity index (χ0v) is 26.3. The second-order valence-corrected chi connectivity index (χ2v) is 12.2. The van der Waals surface area contributed by atoms with Crippen LogP contribution in [0.4, 0.5) is 15.8 Å². The van der Waals surface area contributed by atoms with Crippen molar-refractivity contribution in [2.45, 2.75) is 19.3 Å². The Balaban J connectivity index is 1.16. The molecule has 0 spiro atoms. The Labute approximate surface area is 270 Å². The first-order valence-corrected chi connectivity index (χ1v) is 15.8. The van der Waals surface area contributed by atoms with Crippen molar-refractivity contribution in [3.8, 4) is 34.0 Å². The number of imidazole rings is 1. The number of likely N-dealkylation sites (N-methyl/N-ethyl adjacent to an activating group) is 1. The fourth-order valence-electron chi connectivity index (χ4n) is 5.94. The van der Waals surface area contributed by atoms with Crippen LogP contribution < -0.4 is 16.0 Å². The zero-order chi connectivity index (χ0) is 32.3. The molecule has 240 valence electrons. The number of aromatic amines is 2. The van der Waals surface area contributed by atoms with E-state index < -0.39 is 0 Å². The first kappa shape index (κ1) is 30.4. The number of hydrogen-bond donors (Lipinski definition) is 5. The quantitative estimate of drug-likeness (QED) is 0.139. The molecule has 1 amide bonds. The molecule has 6 heterocycles. The number of carbonyl (C=O) groups is 1. The number of nitrogens with zero attached hydrogens (tertiary/aromatic N) is 6. The maximum absolute atomic E-state index is 14.7. The van der Waals surface area contributed by atoms with E-state index in [1.54, 1.807) is 18.6 Å². The number of aromatic nitrogens is 7. The maximum Gasteiger partial charge on any atom is 0.224 e. The summed E-state index contributed by atoms with van der Waals surface area (Å²) in [5, 5.41) is 17.2. The SMILES string of the molecule is CN(C)CCNc1cc(F)cc(-c2nccc3[nH]c(-c4n[nH]c5ccc(-c6cncc(NC(=O)CC7CCNCC7)c6)nc45)nc23)c1. The molecule has 6 aromatic rings. The van der Waals surface area contributed by atoms with Crippen molar-refractivity contribution in [3.63, 3.8) is 0 Å². The number of hydrogen-bond acceptors (Lipinski definition) is 9. The van der Waals surface area contributed by atoms with E-state index in [1.807, 2.05) is 44.4 Å². The van der Waals surface area contributed by atoms with Gasteiger partial charge in [0.25, 0.3) is 0 Å². The molecule has 0 unspecified atom stereocenters. The van der Waals surface area contributed by atoms with Crippen molar-refractivity contribution in [1.82, 2.24) is 45.3 Å². The summed E-state index contributed by atoms with van der Waals surface area (Å²) in [7, 11) is 3.98. The van der Waals surface area contributed by atoms with Crippen molar-refractivity contribution in [2.24, 2.45) is 5.92 Å². The summed E-state index contributed by atoms with van der Waals surface area (Å²) in [5.41, 5.74) is 7.13. The largest absolute Gasteiger partial charge is 0.384 e. The number of benzene rings is 1. The lowest BCUT2D eigenvalue weighted by Gasteiger charge is -2.21. The van der Waals surface area contributed by atoms with Crippen LogP contribution >= 0.6 is 0 Å². The van der Waals surface area contributed by atoms with E-state index in [0.29, 0.717) is 69.8 Å². The van der Waals surface area contributed by atoms with Crippen molar-refractivity contribution in [1.29, 1.82) is 0 Å². The summed E-state index contributed by atoms with van der Waals surface area (Å²) in [6.07, 6.45) is 7.55. The summed E-state index contributed by atoms with van der Waals surface area (Å²) in [5.74, 6) is 0.523. The lowest BCUT2D eigenvalue weighted by molar-refractivity contribution is -0.117. The lowest BCUT2D eigenvalue weighted by Crippen LogP contribution is -2.30. The fourth-order valence-corrected chi connectivity index (χ4v) is 5.94. The molecule has 0 atom stereocenters. The van der Waals surface area contributed by atoms with Gasteiger partial charge < -0.3 is 25.8 Å². The molecule has 12 nitrogen and oxygen atoms in total. The van der Waals surface area contributed by atoms with Gasteiger partial charge in [0.1, 0.15) is 16.9 Å². The zero-order valence-electron chi connectivity index (χ0n) is 26.3. The predicted octanol–water partition coefficient (Wildman–Crippen LogP) is 5.07. The summed E-state index contributed by atoms with van der Waals surface area (Å²) in [6.45, 7) is 3.39. The van der Waals surface area contributed by atoms with Gasteiger partial charge in [-0.3, -0.25) is 19.9 Å². The number of pyridine rings is 3. The molecule has 0 radical (unpaired) electrons. The first-order chi connectivity index (χ1) is 22.9. The van der Waals surface area contributed by atoms with Gasteiger partial charge in [-0.1, -0.05) is 0 Å². The Morgan fingerprint density at radius 2 is 1.79 bits per heavy atom. The molecular weight excluding hydrogens is 597 g/mol. The highest BCUT2D eigenvalue weighted by molar-refractivity contribution is 5.95. The highest BCUT2D eigenvalue weighted by Crippen LogP contribution is 2.32. The van der Waals surface area contributed by atoms with Crippen LogP contribution in [0.25, 0.3) is 56.1 Å². The molecule has 1 aliphatic heterocycles. The molecular formula is C34H36FN11O. The normalized spacial score (nSPS) is 13.9. The Bertz CT molecular complexity index is 2050. The van der Waals surface area contributed by atoms with E-state index in [2.05, 4.69) is 46.0 Å². The Hall–Kier alpha value is -5.27. The first-order valence-electron chi connectivity index (χ1n) is 15.8. The van der Waals surface area contributed by atoms with Gasteiger partial charge >= 0.3 is 0 Å². The Morgan fingerprint density at radius 1 is 0.957 bits per heavy atom. The van der Waals surface area contributed by atoms with Crippen LogP contribution in [0.3, 0.4) is 0 Å². The molecule has 1 aliphatic rings. The average Bonchev–Trinajstić information content (AvgIpc) is 3.69. The number of amides is 1. The molecule has 7 rings (SSSR count). The van der Waals surface area contributed by atoms with Crippen LogP contribution in [0.2, 0.25) is 0 Å². The monoisotopic (exact) mass is 633 g/mol. The van der Waals surface area contributed by atoms with Gasteiger partial charge in [0.15, 0.2) is 11.5 Å². The molecule has 0 bridgehead atoms. The number of rotatable bonds is 10. The van der Waals surface area contributed by atoms with E-state index in [9.17, 15) is 9.18 Å². The predicted molar refractivity (Wildman–Crippen MR) is 181 cm³/mol. The van der Waals surface area contributed by atoms with E-state index in [1.165, 1.54) is 12.1 Å². The van der Waals surface area contributed by atoms with Crippen LogP contribution in [0.1, 0.15) is 19.3 Å². The van der Waals surface area contributed by atoms with Crippen LogP contribution in [0.5, 0.6) is 0 Å². The molecule has 0 aliphatic carbocycles. The standard InChI is InChI=1S/C34H36FN11O/c1-46(2)12-11-38-24-15-21(14-23(35)17-24)30-31-27(7-10-39-30)42-34(43-31)33-32-28(44-45-33)4-3-26(41-32)22-16-25(19-37-18-22)40-29(47)13-20-5-8-36-9-6-20/h3-4,7,10,14-20,36,38H,5-6,8-9,11-13H2,1-2H3,(H,40,47)(H,42,43)(H,44,45). The number of H-pyrrole nitrogens is 2. The maximum atomic E-state index is 14.7. The van der Waals surface area contributed by atoms with E-state index in [-0.39, 0.29) is 11.7 Å². The third-order valence-corrected chi connectivity index (χ3v) is 8.34. The second-order valence-electron chi connectivity index (χ2n) is 12.2. The number of piperidine rings is 1. The average molecular weight is 634 g/mol. The van der Waals surface area contributed by atoms with E-state index in [0.717, 1.165) is 49.1 Å². The molecule has 47 heavy (non-hydrogen) atoms. The number of carbonyl (C=O) groups excluding carboxylic acids is 1. The van der Waals surface area contributed by atoms with Gasteiger partial charge in [0.05, 0.1) is 34.3 Å². The van der Waals surface area contributed by atoms with Crippen molar-refractivity contribution in [2.75, 3.05) is 50.9 Å². The molecule has 5 N–H and O–H groups in total. The molecule has 5 aromatic heterocycles. The van der Waals surface area contributed by atoms with Gasteiger partial charge in [0.2, 0.25) is 5.91 Å². The molecule has 1 fully saturated rings. The summed E-state index contributed by atoms with van der Waals surface area (Å²) in [4.78, 5) is 36.9. The van der Waals surface area contributed by atoms with Gasteiger partial charge in [-0.25, -0.2) is 14.4 Å². The summed E-state index contributed by atoms with van der Waals surface area (Å²) < 4.78 is 14.7. The summed E-state index contributed by atoms with van der Waals surface area (Å²) >= 11 is 0.